The molecule has 1 amide bonds. The Labute approximate surface area is 110 Å². The summed E-state index contributed by atoms with van der Waals surface area (Å²) < 4.78 is 11.2. The molecule has 2 aliphatic rings. The van der Waals surface area contributed by atoms with Crippen molar-refractivity contribution in [3.8, 4) is 0 Å². The van der Waals surface area contributed by atoms with Gasteiger partial charge in [-0.15, -0.1) is 11.3 Å². The Kier molecular flexibility index (Phi) is 3.32. The van der Waals surface area contributed by atoms with Crippen molar-refractivity contribution in [2.45, 2.75) is 31.1 Å². The molecule has 6 heteroatoms. The fourth-order valence-corrected chi connectivity index (χ4v) is 3.34. The fraction of sp³-hybridized carbons (Fsp3) is 0.667. The number of amides is 1. The molecule has 0 radical (unpaired) electrons. The molecule has 98 valence electrons. The average Bonchev–Trinajstić information content (AvgIpc) is 3.05. The maximum atomic E-state index is 12.4. The van der Waals surface area contributed by atoms with E-state index in [1.807, 2.05) is 4.90 Å². The van der Waals surface area contributed by atoms with Gasteiger partial charge in [-0.05, 0) is 12.8 Å². The maximum absolute atomic E-state index is 12.4. The molecule has 2 aliphatic heterocycles. The Morgan fingerprint density at radius 1 is 1.67 bits per heavy atom. The van der Waals surface area contributed by atoms with E-state index in [1.54, 1.807) is 18.0 Å². The Morgan fingerprint density at radius 3 is 3.28 bits per heavy atom. The molecule has 0 saturated carbocycles. The lowest BCUT2D eigenvalue weighted by Crippen LogP contribution is -2.43. The number of carbonyl (C=O) groups is 1. The van der Waals surface area contributed by atoms with Crippen LogP contribution in [0.4, 0.5) is 0 Å². The molecule has 2 saturated heterocycles. The zero-order valence-corrected chi connectivity index (χ0v) is 11.1. The molecule has 1 aromatic rings. The third-order valence-electron chi connectivity index (χ3n) is 3.69. The van der Waals surface area contributed by atoms with Crippen molar-refractivity contribution in [1.29, 1.82) is 0 Å². The van der Waals surface area contributed by atoms with Crippen LogP contribution in [0.15, 0.2) is 10.9 Å². The van der Waals surface area contributed by atoms with Gasteiger partial charge < -0.3 is 14.4 Å². The summed E-state index contributed by atoms with van der Waals surface area (Å²) in [7, 11) is 1.68. The summed E-state index contributed by atoms with van der Waals surface area (Å²) in [4.78, 5) is 18.3. The second-order valence-electron chi connectivity index (χ2n) is 4.65. The third-order valence-corrected chi connectivity index (χ3v) is 4.28. The smallest absolute Gasteiger partial charge is 0.273 e. The topological polar surface area (TPSA) is 51.7 Å². The lowest BCUT2D eigenvalue weighted by Gasteiger charge is -2.31. The number of rotatable bonds is 2. The van der Waals surface area contributed by atoms with Gasteiger partial charge in [0.2, 0.25) is 0 Å². The molecule has 5 nitrogen and oxygen atoms in total. The summed E-state index contributed by atoms with van der Waals surface area (Å²) in [5.74, 6) is -0.00343. The molecule has 1 aromatic heterocycles. The summed E-state index contributed by atoms with van der Waals surface area (Å²) in [5, 5.41) is 1.79. The Hall–Kier alpha value is -0.980. The van der Waals surface area contributed by atoms with Gasteiger partial charge in [-0.2, -0.15) is 0 Å². The standard InChI is InChI=1S/C12H16N2O3S/c1-16-10-5-14(9-3-2-4-17-11(9)10)12(15)8-6-18-7-13-8/h6-7,9-11H,2-5H2,1H3/t9-,10-,11+/m1/s1. The first-order chi connectivity index (χ1) is 8.81. The number of hydrogen-bond donors (Lipinski definition) is 0. The highest BCUT2D eigenvalue weighted by atomic mass is 32.1. The van der Waals surface area contributed by atoms with Crippen molar-refractivity contribution in [2.75, 3.05) is 20.3 Å². The first-order valence-electron chi connectivity index (χ1n) is 6.15. The molecule has 0 unspecified atom stereocenters. The number of nitrogens with zero attached hydrogens (tertiary/aromatic N) is 2. The normalized spacial score (nSPS) is 31.4. The van der Waals surface area contributed by atoms with E-state index in [4.69, 9.17) is 9.47 Å². The number of aromatic nitrogens is 1. The molecule has 18 heavy (non-hydrogen) atoms. The van der Waals surface area contributed by atoms with Gasteiger partial charge in [-0.3, -0.25) is 4.79 Å². The molecular formula is C12H16N2O3S. The zero-order valence-electron chi connectivity index (χ0n) is 10.2. The SMILES string of the molecule is CO[C@@H]1CN(C(=O)c2cscn2)[C@@H]2CCCO[C@@H]21. The Bertz CT molecular complexity index is 423. The molecule has 0 N–H and O–H groups in total. The van der Waals surface area contributed by atoms with Gasteiger partial charge in [-0.25, -0.2) is 4.98 Å². The fourth-order valence-electron chi connectivity index (χ4n) is 2.82. The number of thiazole rings is 1. The molecule has 0 aromatic carbocycles. The van der Waals surface area contributed by atoms with Crippen LogP contribution < -0.4 is 0 Å². The van der Waals surface area contributed by atoms with Gasteiger partial charge in [0.1, 0.15) is 17.9 Å². The van der Waals surface area contributed by atoms with Crippen molar-refractivity contribution in [1.82, 2.24) is 9.88 Å². The number of methoxy groups -OCH3 is 1. The van der Waals surface area contributed by atoms with Gasteiger partial charge in [0, 0.05) is 19.1 Å². The molecular weight excluding hydrogens is 252 g/mol. The number of likely N-dealkylation sites (tertiary alicyclic amines) is 1. The van der Waals surface area contributed by atoms with Crippen LogP contribution in [0.3, 0.4) is 0 Å². The van der Waals surface area contributed by atoms with Crippen LogP contribution in [-0.4, -0.2) is 54.3 Å². The van der Waals surface area contributed by atoms with E-state index in [0.717, 1.165) is 19.4 Å². The van der Waals surface area contributed by atoms with Crippen LogP contribution in [0.25, 0.3) is 0 Å². The molecule has 0 spiro atoms. The van der Waals surface area contributed by atoms with Crippen LogP contribution >= 0.6 is 11.3 Å². The van der Waals surface area contributed by atoms with Crippen molar-refractivity contribution < 1.29 is 14.3 Å². The summed E-state index contributed by atoms with van der Waals surface area (Å²) in [6.07, 6.45) is 1.99. The number of hydrogen-bond acceptors (Lipinski definition) is 5. The van der Waals surface area contributed by atoms with Gasteiger partial charge in [0.25, 0.3) is 5.91 Å². The summed E-state index contributed by atoms with van der Waals surface area (Å²) >= 11 is 1.44. The van der Waals surface area contributed by atoms with Crippen molar-refractivity contribution >= 4 is 17.2 Å². The van der Waals surface area contributed by atoms with Crippen LogP contribution in [0.5, 0.6) is 0 Å². The monoisotopic (exact) mass is 268 g/mol. The average molecular weight is 268 g/mol. The Morgan fingerprint density at radius 2 is 2.56 bits per heavy atom. The molecule has 3 heterocycles. The quantitative estimate of drug-likeness (QED) is 0.807. The van der Waals surface area contributed by atoms with E-state index >= 15 is 0 Å². The van der Waals surface area contributed by atoms with Crippen LogP contribution in [0, 0.1) is 0 Å². The van der Waals surface area contributed by atoms with Gasteiger partial charge in [0.05, 0.1) is 18.1 Å². The first-order valence-corrected chi connectivity index (χ1v) is 7.09. The molecule has 3 atom stereocenters. The van der Waals surface area contributed by atoms with Crippen LogP contribution in [0.2, 0.25) is 0 Å². The number of ether oxygens (including phenoxy) is 2. The predicted octanol–water partition coefficient (Wildman–Crippen LogP) is 1.16. The number of fused-ring (bicyclic) bond motifs is 1. The highest BCUT2D eigenvalue weighted by Gasteiger charge is 2.46. The summed E-state index contributed by atoms with van der Waals surface area (Å²) in [6, 6.07) is 0.137. The van der Waals surface area contributed by atoms with Gasteiger partial charge >= 0.3 is 0 Å². The van der Waals surface area contributed by atoms with Gasteiger partial charge in [-0.1, -0.05) is 0 Å². The summed E-state index contributed by atoms with van der Waals surface area (Å²) in [6.45, 7) is 1.36. The maximum Gasteiger partial charge on any atom is 0.273 e. The summed E-state index contributed by atoms with van der Waals surface area (Å²) in [5.41, 5.74) is 2.22. The second-order valence-corrected chi connectivity index (χ2v) is 5.37. The molecule has 3 rings (SSSR count). The minimum atomic E-state index is -0.0158. The van der Waals surface area contributed by atoms with Crippen LogP contribution in [-0.2, 0) is 9.47 Å². The highest BCUT2D eigenvalue weighted by Crippen LogP contribution is 2.31. The molecule has 2 fully saturated rings. The van der Waals surface area contributed by atoms with E-state index in [9.17, 15) is 4.79 Å². The molecule has 0 aliphatic carbocycles. The highest BCUT2D eigenvalue weighted by molar-refractivity contribution is 7.07. The lowest BCUT2D eigenvalue weighted by molar-refractivity contribution is -0.0639. The van der Waals surface area contributed by atoms with Crippen molar-refractivity contribution in [2.24, 2.45) is 0 Å². The third kappa shape index (κ3) is 1.94. The lowest BCUT2D eigenvalue weighted by atomic mass is 10.0. The minimum Gasteiger partial charge on any atom is -0.377 e. The first kappa shape index (κ1) is 12.1. The molecule has 0 bridgehead atoms. The zero-order chi connectivity index (χ0) is 12.5. The largest absolute Gasteiger partial charge is 0.377 e. The number of carbonyl (C=O) groups excluding carboxylic acids is 1. The van der Waals surface area contributed by atoms with E-state index < -0.39 is 0 Å². The van der Waals surface area contributed by atoms with Crippen molar-refractivity contribution in [3.63, 3.8) is 0 Å². The van der Waals surface area contributed by atoms with Crippen LogP contribution in [0.1, 0.15) is 23.3 Å². The van der Waals surface area contributed by atoms with Crippen molar-refractivity contribution in [3.05, 3.63) is 16.6 Å². The van der Waals surface area contributed by atoms with E-state index in [-0.39, 0.29) is 24.2 Å². The second kappa shape index (κ2) is 4.95. The van der Waals surface area contributed by atoms with Gasteiger partial charge in [0.15, 0.2) is 0 Å². The minimum absolute atomic E-state index is 0.00343. The Balaban J connectivity index is 1.82. The van der Waals surface area contributed by atoms with E-state index in [0.29, 0.717) is 12.2 Å². The van der Waals surface area contributed by atoms with E-state index in [1.165, 1.54) is 11.3 Å². The predicted molar refractivity (Wildman–Crippen MR) is 66.7 cm³/mol. The van der Waals surface area contributed by atoms with E-state index in [2.05, 4.69) is 4.98 Å².